The van der Waals surface area contributed by atoms with Gasteiger partial charge in [-0.05, 0) is 17.7 Å². The zero-order valence-corrected chi connectivity index (χ0v) is 14.6. The summed E-state index contributed by atoms with van der Waals surface area (Å²) < 4.78 is 16.5. The second kappa shape index (κ2) is 8.58. The summed E-state index contributed by atoms with van der Waals surface area (Å²) in [5.74, 6) is 0.562. The highest BCUT2D eigenvalue weighted by molar-refractivity contribution is 14.0. The minimum atomic E-state index is -0.936. The number of aliphatic imine (C=N–C) groups is 1. The van der Waals surface area contributed by atoms with Gasteiger partial charge < -0.3 is 15.4 Å². The van der Waals surface area contributed by atoms with Crippen LogP contribution in [0.1, 0.15) is 5.56 Å². The number of guanidine groups is 1. The van der Waals surface area contributed by atoms with Crippen molar-refractivity contribution in [1.82, 2.24) is 4.90 Å². The molecule has 0 spiro atoms. The van der Waals surface area contributed by atoms with E-state index in [0.717, 1.165) is 23.5 Å². The smallest absolute Gasteiger partial charge is 0.191 e. The lowest BCUT2D eigenvalue weighted by Crippen LogP contribution is -2.44. The van der Waals surface area contributed by atoms with E-state index in [1.165, 1.54) is 0 Å². The Labute approximate surface area is 139 Å². The van der Waals surface area contributed by atoms with Gasteiger partial charge in [0.05, 0.1) is 19.8 Å². The Balaban J connectivity index is 0.00000200. The molecule has 1 fully saturated rings. The molecule has 1 aromatic rings. The summed E-state index contributed by atoms with van der Waals surface area (Å²) >= 11 is 0. The molecule has 112 valence electrons. The number of hydrogen-bond acceptors (Lipinski definition) is 3. The maximum atomic E-state index is 11.3. The molecular weight excluding hydrogens is 389 g/mol. The summed E-state index contributed by atoms with van der Waals surface area (Å²) in [5.41, 5.74) is 7.01. The van der Waals surface area contributed by atoms with E-state index in [-0.39, 0.29) is 24.0 Å². The van der Waals surface area contributed by atoms with E-state index >= 15 is 0 Å². The largest absolute Gasteiger partial charge is 0.378 e. The van der Waals surface area contributed by atoms with Crippen LogP contribution < -0.4 is 5.73 Å². The first kappa shape index (κ1) is 17.4. The Morgan fingerprint density at radius 2 is 1.95 bits per heavy atom. The van der Waals surface area contributed by atoms with E-state index in [2.05, 4.69) is 4.99 Å². The fourth-order valence-electron chi connectivity index (χ4n) is 1.85. The fourth-order valence-corrected chi connectivity index (χ4v) is 2.37. The topological polar surface area (TPSA) is 67.9 Å². The predicted molar refractivity (Wildman–Crippen MR) is 91.9 cm³/mol. The maximum absolute atomic E-state index is 11.3. The van der Waals surface area contributed by atoms with Crippen molar-refractivity contribution in [2.75, 3.05) is 32.6 Å². The van der Waals surface area contributed by atoms with Gasteiger partial charge in [0.15, 0.2) is 5.96 Å². The maximum Gasteiger partial charge on any atom is 0.191 e. The Morgan fingerprint density at radius 3 is 2.50 bits per heavy atom. The van der Waals surface area contributed by atoms with Crippen molar-refractivity contribution in [2.45, 2.75) is 11.4 Å². The molecule has 2 rings (SSSR count). The number of morpholine rings is 1. The van der Waals surface area contributed by atoms with Crippen molar-refractivity contribution in [2.24, 2.45) is 10.7 Å². The first-order chi connectivity index (χ1) is 9.16. The van der Waals surface area contributed by atoms with Crippen molar-refractivity contribution in [3.05, 3.63) is 29.8 Å². The summed E-state index contributed by atoms with van der Waals surface area (Å²) in [5, 5.41) is 0. The Morgan fingerprint density at radius 1 is 1.35 bits per heavy atom. The number of hydrogen-bond donors (Lipinski definition) is 1. The lowest BCUT2D eigenvalue weighted by Gasteiger charge is -2.27. The molecule has 1 atom stereocenters. The monoisotopic (exact) mass is 409 g/mol. The van der Waals surface area contributed by atoms with Crippen LogP contribution >= 0.6 is 24.0 Å². The van der Waals surface area contributed by atoms with Gasteiger partial charge in [0.1, 0.15) is 0 Å². The average molecular weight is 409 g/mol. The van der Waals surface area contributed by atoms with Gasteiger partial charge in [0.2, 0.25) is 0 Å². The molecule has 2 N–H and O–H groups in total. The molecular formula is C13H20IN3O2S. The third-order valence-electron chi connectivity index (χ3n) is 3.01. The lowest BCUT2D eigenvalue weighted by molar-refractivity contribution is 0.0674. The van der Waals surface area contributed by atoms with Crippen LogP contribution in [-0.4, -0.2) is 47.6 Å². The molecule has 1 unspecified atom stereocenters. The van der Waals surface area contributed by atoms with E-state index in [1.54, 1.807) is 6.26 Å². The molecule has 1 aliphatic rings. The van der Waals surface area contributed by atoms with Crippen molar-refractivity contribution in [3.8, 4) is 0 Å². The van der Waals surface area contributed by atoms with Gasteiger partial charge in [0, 0.05) is 35.0 Å². The highest BCUT2D eigenvalue weighted by Crippen LogP contribution is 2.08. The van der Waals surface area contributed by atoms with Gasteiger partial charge in [0.25, 0.3) is 0 Å². The molecule has 1 aliphatic heterocycles. The normalized spacial score (nSPS) is 17.4. The number of nitrogens with two attached hydrogens (primary N) is 1. The van der Waals surface area contributed by atoms with Gasteiger partial charge in [-0.15, -0.1) is 24.0 Å². The van der Waals surface area contributed by atoms with Crippen LogP contribution in [0.4, 0.5) is 0 Å². The van der Waals surface area contributed by atoms with Gasteiger partial charge in [-0.25, -0.2) is 4.99 Å². The minimum absolute atomic E-state index is 0. The quantitative estimate of drug-likeness (QED) is 0.463. The zero-order valence-electron chi connectivity index (χ0n) is 11.4. The zero-order chi connectivity index (χ0) is 13.7. The molecule has 0 aromatic heterocycles. The molecule has 0 aliphatic carbocycles. The number of rotatable bonds is 3. The first-order valence-corrected chi connectivity index (χ1v) is 7.77. The minimum Gasteiger partial charge on any atom is -0.378 e. The molecule has 5 nitrogen and oxygen atoms in total. The number of halogens is 1. The standard InChI is InChI=1S/C13H19N3O2S.HI/c1-19(17)12-4-2-11(3-5-12)10-15-13(14)16-6-8-18-9-7-16;/h2-5H,6-10H2,1H3,(H2,14,15);1H. The third kappa shape index (κ3) is 5.02. The van der Waals surface area contributed by atoms with Crippen LogP contribution in [0.25, 0.3) is 0 Å². The van der Waals surface area contributed by atoms with Crippen LogP contribution in [-0.2, 0) is 22.1 Å². The van der Waals surface area contributed by atoms with Gasteiger partial charge in [-0.1, -0.05) is 12.1 Å². The highest BCUT2D eigenvalue weighted by Gasteiger charge is 2.11. The van der Waals surface area contributed by atoms with Crippen LogP contribution in [0.2, 0.25) is 0 Å². The van der Waals surface area contributed by atoms with Crippen LogP contribution in [0.3, 0.4) is 0 Å². The van der Waals surface area contributed by atoms with E-state index in [1.807, 2.05) is 29.2 Å². The fraction of sp³-hybridized carbons (Fsp3) is 0.462. The predicted octanol–water partition coefficient (Wildman–Crippen LogP) is 1.19. The highest BCUT2D eigenvalue weighted by atomic mass is 127. The summed E-state index contributed by atoms with van der Waals surface area (Å²) in [6, 6.07) is 7.61. The molecule has 20 heavy (non-hydrogen) atoms. The van der Waals surface area contributed by atoms with Gasteiger partial charge in [-0.3, -0.25) is 4.21 Å². The third-order valence-corrected chi connectivity index (χ3v) is 3.95. The Hall–Kier alpha value is -0.670. The molecule has 7 heteroatoms. The Bertz CT molecular complexity index is 473. The second-order valence-corrected chi connectivity index (χ2v) is 5.75. The van der Waals surface area contributed by atoms with Crippen molar-refractivity contribution >= 4 is 40.7 Å². The average Bonchev–Trinajstić information content (AvgIpc) is 2.46. The van der Waals surface area contributed by atoms with E-state index in [4.69, 9.17) is 10.5 Å². The molecule has 1 aromatic carbocycles. The van der Waals surface area contributed by atoms with Crippen LogP contribution in [0.5, 0.6) is 0 Å². The summed E-state index contributed by atoms with van der Waals surface area (Å²) in [6.07, 6.45) is 1.67. The van der Waals surface area contributed by atoms with E-state index in [0.29, 0.717) is 25.7 Å². The number of nitrogens with zero attached hydrogens (tertiary/aromatic N) is 2. The summed E-state index contributed by atoms with van der Waals surface area (Å²) in [7, 11) is -0.936. The number of benzene rings is 1. The second-order valence-electron chi connectivity index (χ2n) is 4.37. The SMILES string of the molecule is CS(=O)c1ccc(CN=C(N)N2CCOCC2)cc1.I. The molecule has 0 radical (unpaired) electrons. The summed E-state index contributed by atoms with van der Waals surface area (Å²) in [4.78, 5) is 7.24. The van der Waals surface area contributed by atoms with Crippen LogP contribution in [0.15, 0.2) is 34.2 Å². The molecule has 0 bridgehead atoms. The lowest BCUT2D eigenvalue weighted by atomic mass is 10.2. The summed E-state index contributed by atoms with van der Waals surface area (Å²) in [6.45, 7) is 3.53. The van der Waals surface area contributed by atoms with Crippen molar-refractivity contribution in [3.63, 3.8) is 0 Å². The van der Waals surface area contributed by atoms with E-state index < -0.39 is 10.8 Å². The molecule has 0 saturated carbocycles. The molecule has 1 saturated heterocycles. The van der Waals surface area contributed by atoms with Crippen molar-refractivity contribution < 1.29 is 8.95 Å². The van der Waals surface area contributed by atoms with Crippen molar-refractivity contribution in [1.29, 1.82) is 0 Å². The molecule has 0 amide bonds. The van der Waals surface area contributed by atoms with Gasteiger partial charge in [-0.2, -0.15) is 0 Å². The first-order valence-electron chi connectivity index (χ1n) is 6.22. The Kier molecular flexibility index (Phi) is 7.46. The van der Waals surface area contributed by atoms with E-state index in [9.17, 15) is 4.21 Å². The molecule has 1 heterocycles. The van der Waals surface area contributed by atoms with Crippen LogP contribution in [0, 0.1) is 0 Å². The van der Waals surface area contributed by atoms with Gasteiger partial charge >= 0.3 is 0 Å². The number of ether oxygens (including phenoxy) is 1.